The highest BCUT2D eigenvalue weighted by atomic mass is 79.9. The molecule has 1 amide bonds. The molecule has 0 saturated carbocycles. The average molecular weight is 395 g/mol. The molecule has 0 atom stereocenters. The molecule has 1 aromatic heterocycles. The van der Waals surface area contributed by atoms with Crippen molar-refractivity contribution in [3.8, 4) is 0 Å². The highest BCUT2D eigenvalue weighted by molar-refractivity contribution is 9.10. The number of fused-ring (bicyclic) bond motifs is 1. The Labute approximate surface area is 145 Å². The number of imidazole rings is 1. The van der Waals surface area contributed by atoms with E-state index in [1.54, 1.807) is 55.1 Å². The maximum absolute atomic E-state index is 12.4. The van der Waals surface area contributed by atoms with Gasteiger partial charge in [-0.3, -0.25) is 13.9 Å². The summed E-state index contributed by atoms with van der Waals surface area (Å²) in [6.07, 6.45) is 0. The van der Waals surface area contributed by atoms with Crippen LogP contribution in [-0.4, -0.2) is 15.0 Å². The maximum atomic E-state index is 12.4. The Morgan fingerprint density at radius 3 is 2.52 bits per heavy atom. The Hall–Kier alpha value is -2.05. The average Bonchev–Trinajstić information content (AvgIpc) is 2.74. The molecule has 0 spiro atoms. The first-order chi connectivity index (χ1) is 10.9. The number of nitrogens with zero attached hydrogens (tertiary/aromatic N) is 2. The van der Waals surface area contributed by atoms with Gasteiger partial charge in [-0.1, -0.05) is 27.5 Å². The van der Waals surface area contributed by atoms with Crippen molar-refractivity contribution < 1.29 is 4.79 Å². The predicted molar refractivity (Wildman–Crippen MR) is 95.3 cm³/mol. The van der Waals surface area contributed by atoms with Crippen LogP contribution in [0.2, 0.25) is 5.02 Å². The summed E-state index contributed by atoms with van der Waals surface area (Å²) in [6, 6.07) is 10.4. The second-order valence-corrected chi connectivity index (χ2v) is 6.51. The van der Waals surface area contributed by atoms with Gasteiger partial charge in [-0.15, -0.1) is 0 Å². The molecule has 0 aliphatic carbocycles. The van der Waals surface area contributed by atoms with Gasteiger partial charge in [0.25, 0.3) is 5.91 Å². The zero-order valence-corrected chi connectivity index (χ0v) is 14.8. The second-order valence-electron chi connectivity index (χ2n) is 5.18. The Morgan fingerprint density at radius 1 is 1.09 bits per heavy atom. The minimum absolute atomic E-state index is 0.112. The zero-order chi connectivity index (χ0) is 16.7. The highest BCUT2D eigenvalue weighted by Crippen LogP contribution is 2.23. The van der Waals surface area contributed by atoms with Crippen LogP contribution in [0.15, 0.2) is 45.7 Å². The van der Waals surface area contributed by atoms with Crippen molar-refractivity contribution in [3.05, 3.63) is 61.9 Å². The lowest BCUT2D eigenvalue weighted by Gasteiger charge is -2.08. The van der Waals surface area contributed by atoms with Gasteiger partial charge in [0.05, 0.1) is 21.6 Å². The van der Waals surface area contributed by atoms with Crippen LogP contribution >= 0.6 is 27.5 Å². The summed E-state index contributed by atoms with van der Waals surface area (Å²) in [5, 5.41) is 3.18. The van der Waals surface area contributed by atoms with Crippen molar-refractivity contribution in [1.82, 2.24) is 9.13 Å². The molecule has 3 aromatic rings. The molecule has 0 radical (unpaired) electrons. The van der Waals surface area contributed by atoms with E-state index >= 15 is 0 Å². The molecule has 0 unspecified atom stereocenters. The quantitative estimate of drug-likeness (QED) is 0.723. The highest BCUT2D eigenvalue weighted by Gasteiger charge is 2.13. The monoisotopic (exact) mass is 393 g/mol. The van der Waals surface area contributed by atoms with Gasteiger partial charge >= 0.3 is 5.69 Å². The van der Waals surface area contributed by atoms with E-state index in [1.165, 1.54) is 4.57 Å². The number of carbonyl (C=O) groups excluding carboxylic acids is 1. The Kier molecular flexibility index (Phi) is 4.04. The first-order valence-corrected chi connectivity index (χ1v) is 7.97. The number of hydrogen-bond donors (Lipinski definition) is 1. The van der Waals surface area contributed by atoms with Crippen LogP contribution < -0.4 is 11.0 Å². The topological polar surface area (TPSA) is 56.0 Å². The van der Waals surface area contributed by atoms with Gasteiger partial charge in [0, 0.05) is 24.3 Å². The standard InChI is InChI=1S/C16H13BrClN3O2/c1-20-13-6-4-10(8-14(13)21(2)16(20)23)19-15(22)11-7-9(17)3-5-12(11)18/h3-8H,1-2H3,(H,19,22). The van der Waals surface area contributed by atoms with Crippen LogP contribution in [0.3, 0.4) is 0 Å². The summed E-state index contributed by atoms with van der Waals surface area (Å²) in [7, 11) is 3.41. The SMILES string of the molecule is Cn1c(=O)n(C)c2cc(NC(=O)c3cc(Br)ccc3Cl)ccc21. The Morgan fingerprint density at radius 2 is 1.78 bits per heavy atom. The molecule has 0 fully saturated rings. The molecule has 118 valence electrons. The smallest absolute Gasteiger partial charge is 0.322 e. The third-order valence-corrected chi connectivity index (χ3v) is 4.53. The molecule has 5 nitrogen and oxygen atoms in total. The van der Waals surface area contributed by atoms with Crippen LogP contribution in [0.1, 0.15) is 10.4 Å². The maximum Gasteiger partial charge on any atom is 0.328 e. The number of carbonyl (C=O) groups is 1. The molecule has 1 heterocycles. The molecule has 0 bridgehead atoms. The summed E-state index contributed by atoms with van der Waals surface area (Å²) in [4.78, 5) is 24.3. The van der Waals surface area contributed by atoms with E-state index in [1.807, 2.05) is 0 Å². The fourth-order valence-electron chi connectivity index (χ4n) is 2.45. The van der Waals surface area contributed by atoms with E-state index in [2.05, 4.69) is 21.2 Å². The number of anilines is 1. The Balaban J connectivity index is 1.98. The van der Waals surface area contributed by atoms with Crippen molar-refractivity contribution in [3.63, 3.8) is 0 Å². The molecular formula is C16H13BrClN3O2. The van der Waals surface area contributed by atoms with Gasteiger partial charge in [0.2, 0.25) is 0 Å². The summed E-state index contributed by atoms with van der Waals surface area (Å²) in [5.41, 5.74) is 2.41. The number of amides is 1. The zero-order valence-electron chi connectivity index (χ0n) is 12.4. The van der Waals surface area contributed by atoms with E-state index in [0.717, 1.165) is 15.5 Å². The number of nitrogens with one attached hydrogen (secondary N) is 1. The van der Waals surface area contributed by atoms with Crippen LogP contribution in [-0.2, 0) is 14.1 Å². The van der Waals surface area contributed by atoms with Gasteiger partial charge < -0.3 is 5.32 Å². The lowest BCUT2D eigenvalue weighted by molar-refractivity contribution is 0.102. The largest absolute Gasteiger partial charge is 0.328 e. The van der Waals surface area contributed by atoms with E-state index in [0.29, 0.717) is 16.3 Å². The molecule has 0 saturated heterocycles. The Bertz CT molecular complexity index is 991. The molecule has 1 N–H and O–H groups in total. The number of halogens is 2. The van der Waals surface area contributed by atoms with Crippen molar-refractivity contribution in [1.29, 1.82) is 0 Å². The minimum atomic E-state index is -0.309. The summed E-state index contributed by atoms with van der Waals surface area (Å²) < 4.78 is 3.87. The van der Waals surface area contributed by atoms with Crippen molar-refractivity contribution >= 4 is 50.2 Å². The molecule has 0 aliphatic rings. The molecule has 7 heteroatoms. The molecule has 23 heavy (non-hydrogen) atoms. The first-order valence-electron chi connectivity index (χ1n) is 6.80. The molecule has 0 aliphatic heterocycles. The van der Waals surface area contributed by atoms with E-state index in [4.69, 9.17) is 11.6 Å². The number of benzene rings is 2. The summed E-state index contributed by atoms with van der Waals surface area (Å²) in [5.74, 6) is -0.309. The number of hydrogen-bond acceptors (Lipinski definition) is 2. The minimum Gasteiger partial charge on any atom is -0.322 e. The van der Waals surface area contributed by atoms with Crippen molar-refractivity contribution in [2.24, 2.45) is 14.1 Å². The molecular weight excluding hydrogens is 382 g/mol. The van der Waals surface area contributed by atoms with Gasteiger partial charge in [-0.2, -0.15) is 0 Å². The summed E-state index contributed by atoms with van der Waals surface area (Å²) in [6.45, 7) is 0. The normalized spacial score (nSPS) is 11.0. The summed E-state index contributed by atoms with van der Waals surface area (Å²) >= 11 is 9.39. The van der Waals surface area contributed by atoms with Crippen molar-refractivity contribution in [2.45, 2.75) is 0 Å². The number of aromatic nitrogens is 2. The van der Waals surface area contributed by atoms with Gasteiger partial charge in [0.1, 0.15) is 0 Å². The predicted octanol–water partition coefficient (Wildman–Crippen LogP) is 3.55. The van der Waals surface area contributed by atoms with E-state index in [9.17, 15) is 9.59 Å². The van der Waals surface area contributed by atoms with Gasteiger partial charge in [0.15, 0.2) is 0 Å². The molecule has 2 aromatic carbocycles. The number of rotatable bonds is 2. The van der Waals surface area contributed by atoms with Crippen LogP contribution in [0.4, 0.5) is 5.69 Å². The number of aryl methyl sites for hydroxylation is 2. The van der Waals surface area contributed by atoms with Crippen molar-refractivity contribution in [2.75, 3.05) is 5.32 Å². The van der Waals surface area contributed by atoms with E-state index in [-0.39, 0.29) is 11.6 Å². The fraction of sp³-hybridized carbons (Fsp3) is 0.125. The third kappa shape index (κ3) is 2.80. The second kappa shape index (κ2) is 5.86. The van der Waals surface area contributed by atoms with Gasteiger partial charge in [-0.25, -0.2) is 4.79 Å². The van der Waals surface area contributed by atoms with Crippen LogP contribution in [0.5, 0.6) is 0 Å². The lowest BCUT2D eigenvalue weighted by Crippen LogP contribution is -2.19. The lowest BCUT2D eigenvalue weighted by atomic mass is 10.2. The van der Waals surface area contributed by atoms with E-state index < -0.39 is 0 Å². The molecule has 3 rings (SSSR count). The van der Waals surface area contributed by atoms with Crippen LogP contribution in [0.25, 0.3) is 11.0 Å². The van der Waals surface area contributed by atoms with Gasteiger partial charge in [-0.05, 0) is 36.4 Å². The fourth-order valence-corrected chi connectivity index (χ4v) is 3.02. The first kappa shape index (κ1) is 15.8. The third-order valence-electron chi connectivity index (χ3n) is 3.70. The van der Waals surface area contributed by atoms with Crippen LogP contribution in [0, 0.1) is 0 Å².